The molecule has 0 rings (SSSR count). The normalized spacial score (nSPS) is 8.75. The maximum absolute atomic E-state index is 5.03. The van der Waals surface area contributed by atoms with Crippen LogP contribution in [0, 0.1) is 0 Å². The molecule has 0 atom stereocenters. The SMILES string of the molecule is [B][NH+](C)C. The van der Waals surface area contributed by atoms with E-state index in [1.807, 2.05) is 14.1 Å². The first-order valence-electron chi connectivity index (χ1n) is 1.29. The van der Waals surface area contributed by atoms with Crippen LogP contribution in [0.25, 0.3) is 0 Å². The highest BCUT2D eigenvalue weighted by Crippen LogP contribution is 0.826. The summed E-state index contributed by atoms with van der Waals surface area (Å²) >= 11 is 0. The molecule has 22 valence electrons. The molecule has 2 heteroatoms. The highest BCUT2D eigenvalue weighted by Gasteiger charge is 1.67. The zero-order valence-corrected chi connectivity index (χ0v) is 3.08. The number of hydrogen-bond acceptors (Lipinski definition) is 0. The van der Waals surface area contributed by atoms with E-state index in [0.717, 1.165) is 4.81 Å². The molecule has 4 heavy (non-hydrogen) atoms. The molecule has 0 spiro atoms. The van der Waals surface area contributed by atoms with Gasteiger partial charge in [0.1, 0.15) is 0 Å². The van der Waals surface area contributed by atoms with Crippen LogP contribution in [0.3, 0.4) is 0 Å². The monoisotopic (exact) mass is 56.1 g/mol. The average Bonchev–Trinajstić information content (AvgIpc) is 0.811. The second kappa shape index (κ2) is 1.36. The van der Waals surface area contributed by atoms with E-state index in [4.69, 9.17) is 7.98 Å². The maximum atomic E-state index is 5.03. The van der Waals surface area contributed by atoms with Crippen LogP contribution in [-0.4, -0.2) is 22.1 Å². The molecule has 0 aromatic heterocycles. The van der Waals surface area contributed by atoms with Crippen LogP contribution in [-0.2, 0) is 0 Å². The first-order valence-corrected chi connectivity index (χ1v) is 1.29. The van der Waals surface area contributed by atoms with Gasteiger partial charge in [-0.15, -0.1) is 0 Å². The van der Waals surface area contributed by atoms with Crippen molar-refractivity contribution < 1.29 is 4.81 Å². The summed E-state index contributed by atoms with van der Waals surface area (Å²) in [5.41, 5.74) is 0. The summed E-state index contributed by atoms with van der Waals surface area (Å²) < 4.78 is 0. The standard InChI is InChI=1S/C2H7BN/c1-4(2)3/h4H,1-2H3/q+1. The van der Waals surface area contributed by atoms with Crippen molar-refractivity contribution in [1.82, 2.24) is 0 Å². The van der Waals surface area contributed by atoms with Gasteiger partial charge in [0.15, 0.2) is 0 Å². The van der Waals surface area contributed by atoms with Gasteiger partial charge in [-0.2, -0.15) is 0 Å². The summed E-state index contributed by atoms with van der Waals surface area (Å²) in [6.07, 6.45) is 0. The lowest BCUT2D eigenvalue weighted by Crippen LogP contribution is -3.03. The van der Waals surface area contributed by atoms with E-state index in [1.54, 1.807) is 0 Å². The summed E-state index contributed by atoms with van der Waals surface area (Å²) in [5.74, 6) is 0. The van der Waals surface area contributed by atoms with E-state index in [-0.39, 0.29) is 0 Å². The molecule has 1 N–H and O–H groups in total. The summed E-state index contributed by atoms with van der Waals surface area (Å²) in [6.45, 7) is 0. The fourth-order valence-corrected chi connectivity index (χ4v) is 0. The Balaban J connectivity index is 2.32. The Labute approximate surface area is 28.0 Å². The van der Waals surface area contributed by atoms with Crippen LogP contribution in [0.5, 0.6) is 0 Å². The predicted molar refractivity (Wildman–Crippen MR) is 18.6 cm³/mol. The fourth-order valence-electron chi connectivity index (χ4n) is 0. The molecule has 2 radical (unpaired) electrons. The van der Waals surface area contributed by atoms with Crippen molar-refractivity contribution in [3.63, 3.8) is 0 Å². The zero-order chi connectivity index (χ0) is 3.58. The lowest BCUT2D eigenvalue weighted by molar-refractivity contribution is -0.728. The van der Waals surface area contributed by atoms with Gasteiger partial charge >= 0.3 is 7.98 Å². The minimum absolute atomic E-state index is 0.917. The van der Waals surface area contributed by atoms with Gasteiger partial charge in [0.2, 0.25) is 0 Å². The van der Waals surface area contributed by atoms with E-state index < -0.39 is 0 Å². The smallest absolute Gasteiger partial charge is 0.413 e. The molecular formula is C2H7BN+. The van der Waals surface area contributed by atoms with Crippen molar-refractivity contribution >= 4 is 7.98 Å². The lowest BCUT2D eigenvalue weighted by atomic mass is 10.4. The van der Waals surface area contributed by atoms with Gasteiger partial charge in [-0.3, -0.25) is 0 Å². The molecule has 1 nitrogen and oxygen atoms in total. The zero-order valence-electron chi connectivity index (χ0n) is 3.08. The van der Waals surface area contributed by atoms with Crippen LogP contribution >= 0.6 is 0 Å². The number of nitrogens with one attached hydrogen (secondary N) is 1. The third kappa shape index (κ3) is 3420. The number of quaternary nitrogens is 1. The predicted octanol–water partition coefficient (Wildman–Crippen LogP) is -1.79. The van der Waals surface area contributed by atoms with Gasteiger partial charge in [-0.1, -0.05) is 0 Å². The molecule has 0 aromatic rings. The van der Waals surface area contributed by atoms with Gasteiger partial charge in [0, 0.05) is 14.1 Å². The van der Waals surface area contributed by atoms with E-state index in [0.29, 0.717) is 0 Å². The number of hydrogen-bond donors (Lipinski definition) is 1. The minimum Gasteiger partial charge on any atom is -0.413 e. The van der Waals surface area contributed by atoms with E-state index in [9.17, 15) is 0 Å². The van der Waals surface area contributed by atoms with Crippen molar-refractivity contribution in [3.8, 4) is 0 Å². The molecule has 0 heterocycles. The Morgan fingerprint density at radius 3 is 1.50 bits per heavy atom. The maximum Gasteiger partial charge on any atom is 0.479 e. The Kier molecular flexibility index (Phi) is 1.36. The molecule has 0 unspecified atom stereocenters. The largest absolute Gasteiger partial charge is 0.479 e. The summed E-state index contributed by atoms with van der Waals surface area (Å²) in [7, 11) is 8.75. The average molecular weight is 55.9 g/mol. The van der Waals surface area contributed by atoms with Crippen LogP contribution in [0.1, 0.15) is 0 Å². The molecule has 0 aliphatic rings. The fraction of sp³-hybridized carbons (Fsp3) is 1.00. The summed E-state index contributed by atoms with van der Waals surface area (Å²) in [5, 5.41) is 0. The van der Waals surface area contributed by atoms with Crippen LogP contribution in [0.15, 0.2) is 0 Å². The highest BCUT2D eigenvalue weighted by molar-refractivity contribution is 5.94. The summed E-state index contributed by atoms with van der Waals surface area (Å²) in [4.78, 5) is 0.917. The van der Waals surface area contributed by atoms with Crippen molar-refractivity contribution in [1.29, 1.82) is 0 Å². The van der Waals surface area contributed by atoms with E-state index in [1.165, 1.54) is 0 Å². The molecule has 0 aliphatic heterocycles. The summed E-state index contributed by atoms with van der Waals surface area (Å²) in [6, 6.07) is 0. The quantitative estimate of drug-likeness (QED) is 0.313. The Morgan fingerprint density at radius 1 is 1.50 bits per heavy atom. The second-order valence-corrected chi connectivity index (χ2v) is 1.08. The lowest BCUT2D eigenvalue weighted by Gasteiger charge is -1.88. The molecular weight excluding hydrogens is 48.8 g/mol. The van der Waals surface area contributed by atoms with Gasteiger partial charge in [-0.25, -0.2) is 0 Å². The molecule has 0 bridgehead atoms. The van der Waals surface area contributed by atoms with Gasteiger partial charge in [0.05, 0.1) is 0 Å². The van der Waals surface area contributed by atoms with Crippen molar-refractivity contribution in [2.24, 2.45) is 0 Å². The van der Waals surface area contributed by atoms with Gasteiger partial charge in [-0.05, 0) is 0 Å². The molecule has 0 saturated heterocycles. The molecule has 0 fully saturated rings. The minimum atomic E-state index is 0.917. The van der Waals surface area contributed by atoms with Crippen LogP contribution in [0.4, 0.5) is 0 Å². The van der Waals surface area contributed by atoms with Gasteiger partial charge < -0.3 is 4.81 Å². The first-order chi connectivity index (χ1) is 1.73. The van der Waals surface area contributed by atoms with Crippen molar-refractivity contribution in [2.75, 3.05) is 14.1 Å². The third-order valence-electron chi connectivity index (χ3n) is 0. The van der Waals surface area contributed by atoms with E-state index >= 15 is 0 Å². The van der Waals surface area contributed by atoms with Crippen molar-refractivity contribution in [3.05, 3.63) is 0 Å². The highest BCUT2D eigenvalue weighted by atomic mass is 14.9. The van der Waals surface area contributed by atoms with Gasteiger partial charge in [0.25, 0.3) is 0 Å². The van der Waals surface area contributed by atoms with Crippen LogP contribution in [0.2, 0.25) is 0 Å². The molecule has 0 aromatic carbocycles. The molecule has 0 saturated carbocycles. The first kappa shape index (κ1) is 4.02. The van der Waals surface area contributed by atoms with Crippen LogP contribution < -0.4 is 4.81 Å². The molecule has 0 aliphatic carbocycles. The Morgan fingerprint density at radius 2 is 1.50 bits per heavy atom. The van der Waals surface area contributed by atoms with Crippen molar-refractivity contribution in [2.45, 2.75) is 0 Å². The number of rotatable bonds is 0. The molecule has 0 amide bonds. The Bertz CT molecular complexity index is 10.8. The van der Waals surface area contributed by atoms with E-state index in [2.05, 4.69) is 0 Å². The Hall–Kier alpha value is 0.0249. The third-order valence-corrected chi connectivity index (χ3v) is 0. The second-order valence-electron chi connectivity index (χ2n) is 1.08. The topological polar surface area (TPSA) is 4.44 Å².